The van der Waals surface area contributed by atoms with Crippen molar-refractivity contribution in [3.63, 3.8) is 0 Å². The number of ether oxygens (including phenoxy) is 1. The normalized spacial score (nSPS) is 13.0. The van der Waals surface area contributed by atoms with Crippen molar-refractivity contribution in [2.45, 2.75) is 46.5 Å². The molecule has 0 spiro atoms. The lowest BCUT2D eigenvalue weighted by molar-refractivity contribution is -0.132. The van der Waals surface area contributed by atoms with Gasteiger partial charge in [0.05, 0.1) is 19.6 Å². The number of aliphatic hydroxyl groups excluding tert-OH is 1. The monoisotopic (exact) mass is 406 g/mol. The molecule has 0 aliphatic rings. The predicted molar refractivity (Wildman–Crippen MR) is 119 cm³/mol. The van der Waals surface area contributed by atoms with Crippen molar-refractivity contribution in [2.75, 3.05) is 33.4 Å². The van der Waals surface area contributed by atoms with Crippen LogP contribution in [0.25, 0.3) is 0 Å². The Labute approximate surface area is 176 Å². The standard InChI is InChI=1S/C23H38N2O4/c1-6-21(26)13-11-19(3)10-8-9-16-25(7-2)23(28)15-17-29-18-20(4)12-14-22(27)24-5/h6,11-14,20,26H,3,7-10,15-18H2,1-2,4-5H3,(H,24,27)/b13-11-,14-12-,21-6+. The number of nitrogens with one attached hydrogen (secondary N) is 1. The molecular weight excluding hydrogens is 368 g/mol. The number of nitrogens with zero attached hydrogens (tertiary/aromatic N) is 1. The fourth-order valence-electron chi connectivity index (χ4n) is 2.47. The summed E-state index contributed by atoms with van der Waals surface area (Å²) in [5.41, 5.74) is 0.959. The summed E-state index contributed by atoms with van der Waals surface area (Å²) in [6.45, 7) is 11.9. The van der Waals surface area contributed by atoms with Gasteiger partial charge in [-0.2, -0.15) is 0 Å². The van der Waals surface area contributed by atoms with E-state index in [4.69, 9.17) is 4.74 Å². The molecule has 0 aliphatic carbocycles. The lowest BCUT2D eigenvalue weighted by atomic mass is 10.1. The minimum Gasteiger partial charge on any atom is -0.508 e. The molecule has 0 saturated carbocycles. The highest BCUT2D eigenvalue weighted by Crippen LogP contribution is 2.09. The van der Waals surface area contributed by atoms with Gasteiger partial charge in [0.2, 0.25) is 11.8 Å². The molecule has 0 bridgehead atoms. The number of amides is 2. The Morgan fingerprint density at radius 2 is 1.93 bits per heavy atom. The summed E-state index contributed by atoms with van der Waals surface area (Å²) in [4.78, 5) is 25.3. The van der Waals surface area contributed by atoms with Gasteiger partial charge >= 0.3 is 0 Å². The number of carbonyl (C=O) groups excluding carboxylic acids is 2. The van der Waals surface area contributed by atoms with Crippen LogP contribution in [0.2, 0.25) is 0 Å². The van der Waals surface area contributed by atoms with Crippen LogP contribution >= 0.6 is 0 Å². The molecule has 0 aromatic heterocycles. The first-order valence-electron chi connectivity index (χ1n) is 10.3. The Bertz CT molecular complexity index is 594. The summed E-state index contributed by atoms with van der Waals surface area (Å²) < 4.78 is 5.56. The molecule has 164 valence electrons. The first kappa shape index (κ1) is 26.7. The topological polar surface area (TPSA) is 78.9 Å². The molecule has 0 radical (unpaired) electrons. The van der Waals surface area contributed by atoms with Crippen LogP contribution in [0.5, 0.6) is 0 Å². The van der Waals surface area contributed by atoms with Crippen LogP contribution in [0.1, 0.15) is 46.5 Å². The predicted octanol–water partition coefficient (Wildman–Crippen LogP) is 3.92. The van der Waals surface area contributed by atoms with Crippen LogP contribution in [-0.2, 0) is 14.3 Å². The maximum Gasteiger partial charge on any atom is 0.243 e. The molecule has 0 aliphatic heterocycles. The molecule has 0 fully saturated rings. The van der Waals surface area contributed by atoms with Crippen molar-refractivity contribution in [3.8, 4) is 0 Å². The number of hydrogen-bond acceptors (Lipinski definition) is 4. The molecule has 1 unspecified atom stereocenters. The Morgan fingerprint density at radius 3 is 2.55 bits per heavy atom. The number of rotatable bonds is 15. The zero-order valence-corrected chi connectivity index (χ0v) is 18.4. The molecule has 1 atom stereocenters. The van der Waals surface area contributed by atoms with Crippen LogP contribution in [0.15, 0.2) is 48.3 Å². The van der Waals surface area contributed by atoms with E-state index in [0.29, 0.717) is 26.2 Å². The summed E-state index contributed by atoms with van der Waals surface area (Å²) in [5.74, 6) is 0.300. The number of allylic oxidation sites excluding steroid dienone is 4. The molecule has 2 N–H and O–H groups in total. The maximum atomic E-state index is 12.3. The quantitative estimate of drug-likeness (QED) is 0.187. The Kier molecular flexibility index (Phi) is 15.3. The van der Waals surface area contributed by atoms with Crippen molar-refractivity contribution in [1.29, 1.82) is 0 Å². The summed E-state index contributed by atoms with van der Waals surface area (Å²) in [6, 6.07) is 0. The van der Waals surface area contributed by atoms with Gasteiger partial charge in [0, 0.05) is 20.1 Å². The van der Waals surface area contributed by atoms with Gasteiger partial charge in [-0.25, -0.2) is 0 Å². The van der Waals surface area contributed by atoms with Gasteiger partial charge in [0.15, 0.2) is 0 Å². The molecule has 6 nitrogen and oxygen atoms in total. The third-order valence-electron chi connectivity index (χ3n) is 4.36. The third kappa shape index (κ3) is 14.3. The Balaban J connectivity index is 4.04. The Hall–Kier alpha value is -2.34. The minimum absolute atomic E-state index is 0.0952. The average molecular weight is 407 g/mol. The van der Waals surface area contributed by atoms with Gasteiger partial charge in [0.25, 0.3) is 0 Å². The highest BCUT2D eigenvalue weighted by molar-refractivity contribution is 5.87. The van der Waals surface area contributed by atoms with Crippen molar-refractivity contribution < 1.29 is 19.4 Å². The van der Waals surface area contributed by atoms with E-state index in [-0.39, 0.29) is 23.5 Å². The molecule has 29 heavy (non-hydrogen) atoms. The third-order valence-corrected chi connectivity index (χ3v) is 4.36. The van der Waals surface area contributed by atoms with E-state index in [1.807, 2.05) is 24.8 Å². The highest BCUT2D eigenvalue weighted by atomic mass is 16.5. The second-order valence-corrected chi connectivity index (χ2v) is 6.91. The highest BCUT2D eigenvalue weighted by Gasteiger charge is 2.11. The molecule has 2 amide bonds. The van der Waals surface area contributed by atoms with Crippen LogP contribution < -0.4 is 5.32 Å². The van der Waals surface area contributed by atoms with Crippen molar-refractivity contribution >= 4 is 11.8 Å². The summed E-state index contributed by atoms with van der Waals surface area (Å²) in [7, 11) is 1.59. The Morgan fingerprint density at radius 1 is 1.21 bits per heavy atom. The molecular formula is C23H38N2O4. The number of aliphatic hydroxyl groups is 1. The van der Waals surface area contributed by atoms with Crippen LogP contribution in [0.3, 0.4) is 0 Å². The second-order valence-electron chi connectivity index (χ2n) is 6.91. The summed E-state index contributed by atoms with van der Waals surface area (Å²) in [6.07, 6.45) is 11.4. The fourth-order valence-corrected chi connectivity index (χ4v) is 2.47. The number of likely N-dealkylation sites (N-methyl/N-ethyl adjacent to an activating group) is 1. The lowest BCUT2D eigenvalue weighted by Gasteiger charge is -2.21. The lowest BCUT2D eigenvalue weighted by Crippen LogP contribution is -2.32. The van der Waals surface area contributed by atoms with E-state index in [0.717, 1.165) is 31.4 Å². The van der Waals surface area contributed by atoms with Crippen LogP contribution in [0.4, 0.5) is 0 Å². The van der Waals surface area contributed by atoms with Crippen LogP contribution in [0, 0.1) is 5.92 Å². The number of unbranched alkanes of at least 4 members (excludes halogenated alkanes) is 1. The van der Waals surface area contributed by atoms with E-state index in [2.05, 4.69) is 11.9 Å². The first-order chi connectivity index (χ1) is 13.8. The van der Waals surface area contributed by atoms with Crippen molar-refractivity contribution in [2.24, 2.45) is 5.92 Å². The second kappa shape index (κ2) is 16.6. The fraction of sp³-hybridized carbons (Fsp3) is 0.565. The zero-order valence-electron chi connectivity index (χ0n) is 18.4. The average Bonchev–Trinajstić information content (AvgIpc) is 2.72. The van der Waals surface area contributed by atoms with Gasteiger partial charge in [-0.15, -0.1) is 0 Å². The van der Waals surface area contributed by atoms with E-state index in [1.165, 1.54) is 6.08 Å². The molecule has 0 aromatic rings. The smallest absolute Gasteiger partial charge is 0.243 e. The molecule has 0 rings (SSSR count). The van der Waals surface area contributed by atoms with Gasteiger partial charge in [0.1, 0.15) is 5.76 Å². The largest absolute Gasteiger partial charge is 0.508 e. The molecule has 0 aromatic carbocycles. The van der Waals surface area contributed by atoms with Gasteiger partial charge in [-0.3, -0.25) is 9.59 Å². The van der Waals surface area contributed by atoms with E-state index in [9.17, 15) is 14.7 Å². The van der Waals surface area contributed by atoms with Gasteiger partial charge < -0.3 is 20.1 Å². The van der Waals surface area contributed by atoms with E-state index in [1.54, 1.807) is 32.2 Å². The molecule has 0 heterocycles. The minimum atomic E-state index is -0.138. The SMILES string of the molecule is C=C(/C=C\C(O)=C/C)CCCCN(CC)C(=O)CCOCC(C)/C=C\C(=O)NC. The molecule has 6 heteroatoms. The summed E-state index contributed by atoms with van der Waals surface area (Å²) >= 11 is 0. The first-order valence-corrected chi connectivity index (χ1v) is 10.3. The van der Waals surface area contributed by atoms with Crippen molar-refractivity contribution in [1.82, 2.24) is 10.2 Å². The zero-order chi connectivity index (χ0) is 22.1. The summed E-state index contributed by atoms with van der Waals surface area (Å²) in [5, 5.41) is 11.9. The number of carbonyl (C=O) groups is 2. The van der Waals surface area contributed by atoms with Crippen molar-refractivity contribution in [3.05, 3.63) is 48.3 Å². The number of hydrogen-bond donors (Lipinski definition) is 2. The van der Waals surface area contributed by atoms with Gasteiger partial charge in [-0.1, -0.05) is 31.2 Å². The van der Waals surface area contributed by atoms with Crippen LogP contribution in [-0.4, -0.2) is 55.2 Å². The maximum absolute atomic E-state index is 12.3. The van der Waals surface area contributed by atoms with Gasteiger partial charge in [-0.05, 0) is 57.3 Å². The van der Waals surface area contributed by atoms with E-state index >= 15 is 0 Å². The molecule has 0 saturated heterocycles. The van der Waals surface area contributed by atoms with E-state index < -0.39 is 0 Å².